The van der Waals surface area contributed by atoms with Gasteiger partial charge in [-0.25, -0.2) is 9.48 Å². The first-order valence-corrected chi connectivity index (χ1v) is 10.4. The lowest BCUT2D eigenvalue weighted by atomic mass is 9.87. The van der Waals surface area contributed by atoms with Crippen LogP contribution in [0.25, 0.3) is 5.69 Å². The predicted octanol–water partition coefficient (Wildman–Crippen LogP) is 5.13. The van der Waals surface area contributed by atoms with Gasteiger partial charge in [-0.05, 0) is 66.8 Å². The van der Waals surface area contributed by atoms with E-state index in [1.807, 2.05) is 6.07 Å². The molecule has 10 heteroatoms. The molecule has 168 valence electrons. The molecule has 0 saturated carbocycles. The summed E-state index contributed by atoms with van der Waals surface area (Å²) in [6, 6.07) is 11.4. The molecule has 0 saturated heterocycles. The van der Waals surface area contributed by atoms with Crippen LogP contribution in [-0.2, 0) is 19.1 Å². The molecule has 1 aliphatic carbocycles. The Balaban J connectivity index is 1.51. The van der Waals surface area contributed by atoms with Gasteiger partial charge in [0, 0.05) is 5.02 Å². The lowest BCUT2D eigenvalue weighted by Gasteiger charge is -2.26. The van der Waals surface area contributed by atoms with Crippen molar-refractivity contribution in [3.05, 3.63) is 76.1 Å². The zero-order valence-corrected chi connectivity index (χ0v) is 17.5. The Morgan fingerprint density at radius 1 is 1.22 bits per heavy atom. The molecule has 1 unspecified atom stereocenters. The molecule has 1 aromatic heterocycles. The predicted molar refractivity (Wildman–Crippen MR) is 113 cm³/mol. The molecule has 1 heterocycles. The maximum absolute atomic E-state index is 13.2. The van der Waals surface area contributed by atoms with Gasteiger partial charge in [-0.2, -0.15) is 18.3 Å². The number of amides is 2. The summed E-state index contributed by atoms with van der Waals surface area (Å²) >= 11 is 5.97. The maximum atomic E-state index is 13.2. The summed E-state index contributed by atoms with van der Waals surface area (Å²) < 4.78 is 40.8. The van der Waals surface area contributed by atoms with Crippen LogP contribution in [0.2, 0.25) is 5.02 Å². The number of rotatable bonds is 4. The monoisotopic (exact) mass is 464 g/mol. The van der Waals surface area contributed by atoms with E-state index in [1.54, 1.807) is 30.3 Å². The van der Waals surface area contributed by atoms with Crippen LogP contribution in [0.4, 0.5) is 18.0 Å². The Kier molecular flexibility index (Phi) is 6.01. The van der Waals surface area contributed by atoms with Crippen LogP contribution >= 0.6 is 11.6 Å². The number of alkyl halides is 3. The molecule has 2 aromatic carbocycles. The number of hydrogen-bond acceptors (Lipinski definition) is 3. The van der Waals surface area contributed by atoms with Crippen LogP contribution in [0.3, 0.4) is 0 Å². The lowest BCUT2D eigenvalue weighted by molar-refractivity contribution is -0.141. The highest BCUT2D eigenvalue weighted by molar-refractivity contribution is 6.30. The van der Waals surface area contributed by atoms with Crippen molar-refractivity contribution in [3.63, 3.8) is 0 Å². The standard InChI is InChI=1S/C22H20ClF3N4O2/c23-14-4-2-5-15(9-14)30-16(10-20(29-30)22(24,25)26)12-27-21(32)28-19-6-1-3-13-7-8-17(31)11-18(13)19/h2,4-5,7-11,19,31H,1,3,6,12H2,(H2,27,28,32). The highest BCUT2D eigenvalue weighted by Crippen LogP contribution is 2.32. The normalized spacial score (nSPS) is 15.8. The first kappa shape index (κ1) is 22.0. The molecule has 3 N–H and O–H groups in total. The minimum Gasteiger partial charge on any atom is -0.508 e. The Bertz CT molecular complexity index is 1150. The van der Waals surface area contributed by atoms with E-state index < -0.39 is 17.9 Å². The van der Waals surface area contributed by atoms with Gasteiger partial charge in [-0.15, -0.1) is 0 Å². The Hall–Kier alpha value is -3.20. The largest absolute Gasteiger partial charge is 0.508 e. The van der Waals surface area contributed by atoms with Gasteiger partial charge in [0.25, 0.3) is 0 Å². The minimum atomic E-state index is -4.63. The van der Waals surface area contributed by atoms with Gasteiger partial charge in [0.2, 0.25) is 0 Å². The quantitative estimate of drug-likeness (QED) is 0.501. The molecular formula is C22H20ClF3N4O2. The third kappa shape index (κ3) is 4.83. The van der Waals surface area contributed by atoms with Crippen molar-refractivity contribution in [1.29, 1.82) is 0 Å². The number of aryl methyl sites for hydroxylation is 1. The molecule has 0 fully saturated rings. The number of phenolic OH excluding ortho intramolecular Hbond substituents is 1. The highest BCUT2D eigenvalue weighted by Gasteiger charge is 2.35. The average molecular weight is 465 g/mol. The van der Waals surface area contributed by atoms with E-state index in [2.05, 4.69) is 15.7 Å². The van der Waals surface area contributed by atoms with Crippen molar-refractivity contribution < 1.29 is 23.1 Å². The van der Waals surface area contributed by atoms with Crippen LogP contribution < -0.4 is 10.6 Å². The molecule has 2 amide bonds. The second-order valence-corrected chi connectivity index (χ2v) is 8.00. The smallest absolute Gasteiger partial charge is 0.435 e. The summed E-state index contributed by atoms with van der Waals surface area (Å²) in [6.45, 7) is -0.180. The van der Waals surface area contributed by atoms with Crippen LogP contribution in [0.1, 0.15) is 41.4 Å². The Morgan fingerprint density at radius 3 is 2.78 bits per heavy atom. The lowest BCUT2D eigenvalue weighted by Crippen LogP contribution is -2.39. The van der Waals surface area contributed by atoms with E-state index in [1.165, 1.54) is 6.07 Å². The summed E-state index contributed by atoms with van der Waals surface area (Å²) in [5.41, 5.74) is 1.33. The van der Waals surface area contributed by atoms with Gasteiger partial charge in [-0.3, -0.25) is 0 Å². The van der Waals surface area contributed by atoms with Gasteiger partial charge >= 0.3 is 12.2 Å². The van der Waals surface area contributed by atoms with E-state index in [0.29, 0.717) is 17.1 Å². The van der Waals surface area contributed by atoms with Gasteiger partial charge in [-0.1, -0.05) is 23.7 Å². The number of hydrogen-bond donors (Lipinski definition) is 3. The number of nitrogens with zero attached hydrogens (tertiary/aromatic N) is 2. The SMILES string of the molecule is O=C(NCc1cc(C(F)(F)F)nn1-c1cccc(Cl)c1)NC1CCCc2ccc(O)cc21. The number of halogens is 4. The third-order valence-corrected chi connectivity index (χ3v) is 5.54. The topological polar surface area (TPSA) is 79.2 Å². The van der Waals surface area contributed by atoms with Crippen LogP contribution in [-0.4, -0.2) is 20.9 Å². The first-order chi connectivity index (χ1) is 15.2. The summed E-state index contributed by atoms with van der Waals surface area (Å²) in [5.74, 6) is 0.114. The number of aromatic hydroxyl groups is 1. The van der Waals surface area contributed by atoms with Crippen molar-refractivity contribution in [2.24, 2.45) is 0 Å². The summed E-state index contributed by atoms with van der Waals surface area (Å²) in [6.07, 6.45) is -2.20. The van der Waals surface area contributed by atoms with E-state index in [4.69, 9.17) is 11.6 Å². The molecule has 4 rings (SSSR count). The zero-order valence-electron chi connectivity index (χ0n) is 16.8. The maximum Gasteiger partial charge on any atom is 0.435 e. The molecule has 0 bridgehead atoms. The summed E-state index contributed by atoms with van der Waals surface area (Å²) in [4.78, 5) is 12.5. The minimum absolute atomic E-state index is 0.114. The number of carbonyl (C=O) groups is 1. The van der Waals surface area contributed by atoms with Crippen LogP contribution in [0, 0.1) is 0 Å². The molecule has 3 aromatic rings. The van der Waals surface area contributed by atoms with Gasteiger partial charge in [0.1, 0.15) is 5.75 Å². The second-order valence-electron chi connectivity index (χ2n) is 7.57. The first-order valence-electron chi connectivity index (χ1n) is 9.99. The van der Waals surface area contributed by atoms with E-state index in [0.717, 1.165) is 34.7 Å². The fraction of sp³-hybridized carbons (Fsp3) is 0.273. The van der Waals surface area contributed by atoms with Gasteiger partial charge < -0.3 is 15.7 Å². The van der Waals surface area contributed by atoms with E-state index >= 15 is 0 Å². The molecule has 1 aliphatic rings. The van der Waals surface area contributed by atoms with Crippen molar-refractivity contribution >= 4 is 17.6 Å². The highest BCUT2D eigenvalue weighted by atomic mass is 35.5. The fourth-order valence-electron chi connectivity index (χ4n) is 3.83. The van der Waals surface area contributed by atoms with Crippen molar-refractivity contribution in [2.45, 2.75) is 38.0 Å². The van der Waals surface area contributed by atoms with Crippen LogP contribution in [0.15, 0.2) is 48.5 Å². The average Bonchev–Trinajstić information content (AvgIpc) is 3.18. The molecule has 6 nitrogen and oxygen atoms in total. The number of urea groups is 1. The number of aromatic nitrogens is 2. The fourth-order valence-corrected chi connectivity index (χ4v) is 4.02. The summed E-state index contributed by atoms with van der Waals surface area (Å²) in [7, 11) is 0. The molecule has 0 spiro atoms. The molecular weight excluding hydrogens is 445 g/mol. The number of carbonyl (C=O) groups excluding carboxylic acids is 1. The number of benzene rings is 2. The molecule has 1 atom stereocenters. The van der Waals surface area contributed by atoms with Crippen molar-refractivity contribution in [1.82, 2.24) is 20.4 Å². The van der Waals surface area contributed by atoms with Gasteiger partial charge in [0.05, 0.1) is 24.0 Å². The van der Waals surface area contributed by atoms with Crippen LogP contribution in [0.5, 0.6) is 5.75 Å². The number of fused-ring (bicyclic) bond motifs is 1. The number of nitrogens with one attached hydrogen (secondary N) is 2. The Labute approximate surface area is 187 Å². The third-order valence-electron chi connectivity index (χ3n) is 5.31. The van der Waals surface area contributed by atoms with Crippen molar-refractivity contribution in [2.75, 3.05) is 0 Å². The van der Waals surface area contributed by atoms with Gasteiger partial charge in [0.15, 0.2) is 5.69 Å². The Morgan fingerprint density at radius 2 is 2.03 bits per heavy atom. The number of phenols is 1. The molecule has 32 heavy (non-hydrogen) atoms. The van der Waals surface area contributed by atoms with E-state index in [9.17, 15) is 23.1 Å². The summed E-state index contributed by atoms with van der Waals surface area (Å²) in [5, 5.41) is 19.2. The molecule has 0 aliphatic heterocycles. The zero-order chi connectivity index (χ0) is 22.9. The van der Waals surface area contributed by atoms with Crippen molar-refractivity contribution in [3.8, 4) is 11.4 Å². The van der Waals surface area contributed by atoms with E-state index in [-0.39, 0.29) is 24.0 Å². The molecule has 0 radical (unpaired) electrons. The second kappa shape index (κ2) is 8.74.